The number of nitrogens with two attached hydrogens (primary N) is 1. The van der Waals surface area contributed by atoms with Crippen LogP contribution in [0.15, 0.2) is 24.3 Å². The van der Waals surface area contributed by atoms with Gasteiger partial charge in [-0.1, -0.05) is 12.1 Å². The van der Waals surface area contributed by atoms with Crippen LogP contribution in [-0.4, -0.2) is 30.1 Å². The highest BCUT2D eigenvalue weighted by Gasteiger charge is 2.14. The van der Waals surface area contributed by atoms with E-state index < -0.39 is 0 Å². The standard InChI is InChI=1S/C14H20N2O2S/c15-12-6-1-2-7-13(12)16-14(17)10-19-9-11-5-3-4-8-18-11/h1-2,6-7,11H,3-5,8-10,15H2,(H,16,17). The first-order valence-electron chi connectivity index (χ1n) is 6.59. The van der Waals surface area contributed by atoms with Crippen molar-refractivity contribution < 1.29 is 9.53 Å². The van der Waals surface area contributed by atoms with E-state index in [0.29, 0.717) is 23.2 Å². The molecule has 19 heavy (non-hydrogen) atoms. The van der Waals surface area contributed by atoms with Crippen molar-refractivity contribution in [2.75, 3.05) is 29.2 Å². The number of carbonyl (C=O) groups excluding carboxylic acids is 1. The third-order valence-corrected chi connectivity index (χ3v) is 4.12. The minimum Gasteiger partial charge on any atom is -0.397 e. The topological polar surface area (TPSA) is 64.3 Å². The van der Waals surface area contributed by atoms with Gasteiger partial charge in [0, 0.05) is 12.4 Å². The highest BCUT2D eigenvalue weighted by atomic mass is 32.2. The second kappa shape index (κ2) is 7.40. The van der Waals surface area contributed by atoms with Gasteiger partial charge < -0.3 is 15.8 Å². The van der Waals surface area contributed by atoms with Gasteiger partial charge >= 0.3 is 0 Å². The zero-order valence-corrected chi connectivity index (χ0v) is 11.7. The molecule has 1 saturated heterocycles. The van der Waals surface area contributed by atoms with Crippen LogP contribution in [0.3, 0.4) is 0 Å². The maximum absolute atomic E-state index is 11.8. The summed E-state index contributed by atoms with van der Waals surface area (Å²) in [6.45, 7) is 0.859. The Hall–Kier alpha value is -1.20. The van der Waals surface area contributed by atoms with E-state index in [9.17, 15) is 4.79 Å². The number of thioether (sulfide) groups is 1. The summed E-state index contributed by atoms with van der Waals surface area (Å²) in [5.41, 5.74) is 7.05. The first-order valence-corrected chi connectivity index (χ1v) is 7.75. The minimum atomic E-state index is -0.0151. The van der Waals surface area contributed by atoms with Crippen LogP contribution in [0.4, 0.5) is 11.4 Å². The van der Waals surface area contributed by atoms with Gasteiger partial charge in [-0.15, -0.1) is 11.8 Å². The average molecular weight is 280 g/mol. The third kappa shape index (κ3) is 4.76. The first kappa shape index (κ1) is 14.2. The van der Waals surface area contributed by atoms with E-state index in [2.05, 4.69) is 5.32 Å². The molecule has 0 radical (unpaired) electrons. The fraction of sp³-hybridized carbons (Fsp3) is 0.500. The van der Waals surface area contributed by atoms with Crippen molar-refractivity contribution in [3.8, 4) is 0 Å². The van der Waals surface area contributed by atoms with Crippen LogP contribution >= 0.6 is 11.8 Å². The molecule has 0 spiro atoms. The van der Waals surface area contributed by atoms with E-state index >= 15 is 0 Å². The van der Waals surface area contributed by atoms with Crippen LogP contribution in [0.5, 0.6) is 0 Å². The average Bonchev–Trinajstić information content (AvgIpc) is 2.43. The van der Waals surface area contributed by atoms with Gasteiger partial charge in [0.25, 0.3) is 0 Å². The van der Waals surface area contributed by atoms with Crippen molar-refractivity contribution in [1.29, 1.82) is 0 Å². The van der Waals surface area contributed by atoms with Gasteiger partial charge in [-0.3, -0.25) is 4.79 Å². The Balaban J connectivity index is 1.68. The summed E-state index contributed by atoms with van der Waals surface area (Å²) >= 11 is 1.62. The molecule has 4 nitrogen and oxygen atoms in total. The molecule has 104 valence electrons. The van der Waals surface area contributed by atoms with Crippen molar-refractivity contribution in [3.05, 3.63) is 24.3 Å². The smallest absolute Gasteiger partial charge is 0.234 e. The molecule has 5 heteroatoms. The molecule has 2 rings (SSSR count). The molecule has 1 aromatic carbocycles. The minimum absolute atomic E-state index is 0.0151. The SMILES string of the molecule is Nc1ccccc1NC(=O)CSCC1CCCCO1. The summed E-state index contributed by atoms with van der Waals surface area (Å²) in [6, 6.07) is 7.29. The Bertz CT molecular complexity index is 420. The maximum Gasteiger partial charge on any atom is 0.234 e. The molecule has 1 fully saturated rings. The van der Waals surface area contributed by atoms with Gasteiger partial charge in [-0.05, 0) is 31.4 Å². The van der Waals surface area contributed by atoms with E-state index in [1.165, 1.54) is 6.42 Å². The van der Waals surface area contributed by atoms with Crippen LogP contribution < -0.4 is 11.1 Å². The molecule has 1 heterocycles. The highest BCUT2D eigenvalue weighted by molar-refractivity contribution is 8.00. The number of nitrogen functional groups attached to an aromatic ring is 1. The van der Waals surface area contributed by atoms with Crippen molar-refractivity contribution in [1.82, 2.24) is 0 Å². The number of hydrogen-bond acceptors (Lipinski definition) is 4. The Morgan fingerprint density at radius 2 is 2.26 bits per heavy atom. The van der Waals surface area contributed by atoms with Gasteiger partial charge in [0.2, 0.25) is 5.91 Å². The number of anilines is 2. The van der Waals surface area contributed by atoms with Crippen LogP contribution in [0.2, 0.25) is 0 Å². The van der Waals surface area contributed by atoms with Crippen LogP contribution in [-0.2, 0) is 9.53 Å². The second-order valence-electron chi connectivity index (χ2n) is 4.64. The number of nitrogens with one attached hydrogen (secondary N) is 1. The van der Waals surface area contributed by atoms with E-state index in [-0.39, 0.29) is 5.91 Å². The van der Waals surface area contributed by atoms with Crippen LogP contribution in [0.25, 0.3) is 0 Å². The van der Waals surface area contributed by atoms with E-state index in [1.54, 1.807) is 17.8 Å². The molecular formula is C14H20N2O2S. The number of amides is 1. The van der Waals surface area contributed by atoms with Gasteiger partial charge in [-0.2, -0.15) is 0 Å². The van der Waals surface area contributed by atoms with E-state index in [0.717, 1.165) is 25.2 Å². The number of ether oxygens (including phenoxy) is 1. The van der Waals surface area contributed by atoms with Gasteiger partial charge in [-0.25, -0.2) is 0 Å². The van der Waals surface area contributed by atoms with Gasteiger partial charge in [0.05, 0.1) is 23.2 Å². The molecule has 1 aliphatic rings. The number of benzene rings is 1. The van der Waals surface area contributed by atoms with Gasteiger partial charge in [0.1, 0.15) is 0 Å². The van der Waals surface area contributed by atoms with Crippen molar-refractivity contribution in [2.24, 2.45) is 0 Å². The monoisotopic (exact) mass is 280 g/mol. The van der Waals surface area contributed by atoms with Crippen LogP contribution in [0, 0.1) is 0 Å². The molecule has 1 unspecified atom stereocenters. The summed E-state index contributed by atoms with van der Waals surface area (Å²) < 4.78 is 5.62. The summed E-state index contributed by atoms with van der Waals surface area (Å²) in [5, 5.41) is 2.82. The molecule has 1 aliphatic heterocycles. The third-order valence-electron chi connectivity index (χ3n) is 3.05. The quantitative estimate of drug-likeness (QED) is 0.813. The molecule has 0 aromatic heterocycles. The second-order valence-corrected chi connectivity index (χ2v) is 5.67. The summed E-state index contributed by atoms with van der Waals surface area (Å²) in [4.78, 5) is 11.8. The van der Waals surface area contributed by atoms with Gasteiger partial charge in [0.15, 0.2) is 0 Å². The van der Waals surface area contributed by atoms with Crippen molar-refractivity contribution in [2.45, 2.75) is 25.4 Å². The normalized spacial score (nSPS) is 19.1. The molecule has 1 aromatic rings. The first-order chi connectivity index (χ1) is 9.25. The Morgan fingerprint density at radius 3 is 3.00 bits per heavy atom. The maximum atomic E-state index is 11.8. The van der Waals surface area contributed by atoms with E-state index in [4.69, 9.17) is 10.5 Å². The fourth-order valence-corrected chi connectivity index (χ4v) is 2.92. The van der Waals surface area contributed by atoms with Crippen LogP contribution in [0.1, 0.15) is 19.3 Å². The molecule has 0 bridgehead atoms. The number of hydrogen-bond donors (Lipinski definition) is 2. The lowest BCUT2D eigenvalue weighted by Crippen LogP contribution is -2.23. The molecule has 3 N–H and O–H groups in total. The Labute approximate surface area is 118 Å². The zero-order valence-electron chi connectivity index (χ0n) is 10.9. The van der Waals surface area contributed by atoms with Crippen molar-refractivity contribution in [3.63, 3.8) is 0 Å². The molecule has 0 saturated carbocycles. The highest BCUT2D eigenvalue weighted by Crippen LogP contribution is 2.19. The summed E-state index contributed by atoms with van der Waals surface area (Å²) in [6.07, 6.45) is 3.82. The largest absolute Gasteiger partial charge is 0.397 e. The Morgan fingerprint density at radius 1 is 1.42 bits per heavy atom. The lowest BCUT2D eigenvalue weighted by molar-refractivity contribution is -0.113. The molecular weight excluding hydrogens is 260 g/mol. The predicted octanol–water partition coefficient (Wildman–Crippen LogP) is 2.51. The molecule has 1 amide bonds. The van der Waals surface area contributed by atoms with Crippen molar-refractivity contribution >= 4 is 29.0 Å². The molecule has 0 aliphatic carbocycles. The summed E-state index contributed by atoms with van der Waals surface area (Å²) in [5.74, 6) is 1.31. The number of carbonyl (C=O) groups is 1. The lowest BCUT2D eigenvalue weighted by Gasteiger charge is -2.21. The Kier molecular flexibility index (Phi) is 5.54. The lowest BCUT2D eigenvalue weighted by atomic mass is 10.1. The predicted molar refractivity (Wildman–Crippen MR) is 80.4 cm³/mol. The molecule has 1 atom stereocenters. The number of rotatable bonds is 5. The number of para-hydroxylation sites is 2. The van der Waals surface area contributed by atoms with E-state index in [1.807, 2.05) is 18.2 Å². The summed E-state index contributed by atoms with van der Waals surface area (Å²) in [7, 11) is 0. The fourth-order valence-electron chi connectivity index (χ4n) is 2.02. The zero-order chi connectivity index (χ0) is 13.5.